The van der Waals surface area contributed by atoms with Crippen molar-refractivity contribution in [2.24, 2.45) is 5.73 Å². The van der Waals surface area contributed by atoms with Gasteiger partial charge < -0.3 is 5.73 Å². The summed E-state index contributed by atoms with van der Waals surface area (Å²) >= 11 is 7.76. The maximum absolute atomic E-state index is 6.09. The Bertz CT molecular complexity index is 485. The second-order valence-corrected chi connectivity index (χ2v) is 4.99. The Morgan fingerprint density at radius 3 is 2.65 bits per heavy atom. The summed E-state index contributed by atoms with van der Waals surface area (Å²) in [5.74, 6) is 0.828. The van der Waals surface area contributed by atoms with Crippen molar-refractivity contribution < 1.29 is 0 Å². The molecule has 0 atom stereocenters. The van der Waals surface area contributed by atoms with Gasteiger partial charge in [0, 0.05) is 23.5 Å². The number of halogens is 1. The second-order valence-electron chi connectivity index (χ2n) is 3.59. The normalized spacial score (nSPS) is 10.5. The molecule has 0 radical (unpaired) electrons. The lowest BCUT2D eigenvalue weighted by molar-refractivity contribution is 1.01. The van der Waals surface area contributed by atoms with Gasteiger partial charge in [-0.25, -0.2) is 4.98 Å². The van der Waals surface area contributed by atoms with Crippen molar-refractivity contribution in [3.63, 3.8) is 0 Å². The fraction of sp³-hybridized carbons (Fsp3) is 0.154. The fourth-order valence-electron chi connectivity index (χ4n) is 1.38. The Labute approximate surface area is 110 Å². The summed E-state index contributed by atoms with van der Waals surface area (Å²) in [5.41, 5.74) is 7.70. The van der Waals surface area contributed by atoms with E-state index in [1.165, 1.54) is 0 Å². The molecule has 0 unspecified atom stereocenters. The van der Waals surface area contributed by atoms with Gasteiger partial charge in [0.15, 0.2) is 0 Å². The molecule has 2 aromatic rings. The van der Waals surface area contributed by atoms with Crippen LogP contribution >= 0.6 is 23.4 Å². The molecule has 0 amide bonds. The Hall–Kier alpha value is -1.03. The molecule has 0 saturated heterocycles. The van der Waals surface area contributed by atoms with Gasteiger partial charge in [0.25, 0.3) is 0 Å². The van der Waals surface area contributed by atoms with Crippen LogP contribution in [-0.4, -0.2) is 4.98 Å². The van der Waals surface area contributed by atoms with Crippen LogP contribution in [0.4, 0.5) is 0 Å². The average Bonchev–Trinajstić information content (AvgIpc) is 2.38. The molecule has 2 nitrogen and oxygen atoms in total. The molecule has 17 heavy (non-hydrogen) atoms. The quantitative estimate of drug-likeness (QED) is 0.860. The van der Waals surface area contributed by atoms with Gasteiger partial charge in [-0.15, -0.1) is 11.8 Å². The SMILES string of the molecule is NCc1ccc(SCc2ccccc2Cl)nc1. The first-order chi connectivity index (χ1) is 8.29. The van der Waals surface area contributed by atoms with Gasteiger partial charge in [0.05, 0.1) is 5.03 Å². The van der Waals surface area contributed by atoms with E-state index >= 15 is 0 Å². The number of aromatic nitrogens is 1. The number of pyridine rings is 1. The highest BCUT2D eigenvalue weighted by Gasteiger charge is 2.01. The number of thioether (sulfide) groups is 1. The zero-order chi connectivity index (χ0) is 12.1. The molecule has 1 aromatic heterocycles. The molecule has 4 heteroatoms. The first-order valence-corrected chi connectivity index (χ1v) is 6.67. The van der Waals surface area contributed by atoms with Crippen molar-refractivity contribution in [2.45, 2.75) is 17.3 Å². The van der Waals surface area contributed by atoms with Crippen LogP contribution in [0.25, 0.3) is 0 Å². The van der Waals surface area contributed by atoms with E-state index in [2.05, 4.69) is 4.98 Å². The molecule has 0 spiro atoms. The van der Waals surface area contributed by atoms with Gasteiger partial charge >= 0.3 is 0 Å². The number of nitrogens with two attached hydrogens (primary N) is 1. The molecule has 0 saturated carbocycles. The van der Waals surface area contributed by atoms with Crippen molar-refractivity contribution >= 4 is 23.4 Å². The van der Waals surface area contributed by atoms with Crippen LogP contribution in [0.3, 0.4) is 0 Å². The minimum atomic E-state index is 0.530. The lowest BCUT2D eigenvalue weighted by Gasteiger charge is -2.04. The smallest absolute Gasteiger partial charge is 0.0963 e. The van der Waals surface area contributed by atoms with E-state index < -0.39 is 0 Å². The molecular formula is C13H13ClN2S. The highest BCUT2D eigenvalue weighted by atomic mass is 35.5. The molecule has 2 rings (SSSR count). The van der Waals surface area contributed by atoms with Crippen LogP contribution in [-0.2, 0) is 12.3 Å². The van der Waals surface area contributed by atoms with Crippen LogP contribution < -0.4 is 5.73 Å². The van der Waals surface area contributed by atoms with Crippen LogP contribution in [0.2, 0.25) is 5.02 Å². The summed E-state index contributed by atoms with van der Waals surface area (Å²) in [4.78, 5) is 4.33. The van der Waals surface area contributed by atoms with Crippen molar-refractivity contribution in [2.75, 3.05) is 0 Å². The predicted molar refractivity (Wildman–Crippen MR) is 73.1 cm³/mol. The van der Waals surface area contributed by atoms with Crippen LogP contribution in [0, 0.1) is 0 Å². The lowest BCUT2D eigenvalue weighted by atomic mass is 10.2. The molecule has 88 valence electrons. The number of nitrogens with zero attached hydrogens (tertiary/aromatic N) is 1. The predicted octanol–water partition coefficient (Wildman–Crippen LogP) is 3.49. The highest BCUT2D eigenvalue weighted by Crippen LogP contribution is 2.25. The van der Waals surface area contributed by atoms with E-state index in [4.69, 9.17) is 17.3 Å². The third-order valence-corrected chi connectivity index (χ3v) is 3.73. The molecule has 1 aromatic carbocycles. The maximum Gasteiger partial charge on any atom is 0.0963 e. The third-order valence-electron chi connectivity index (χ3n) is 2.37. The molecule has 0 aliphatic carbocycles. The van der Waals surface area contributed by atoms with E-state index in [9.17, 15) is 0 Å². The van der Waals surface area contributed by atoms with E-state index in [1.807, 2.05) is 42.6 Å². The molecule has 0 aliphatic rings. The van der Waals surface area contributed by atoms with Crippen molar-refractivity contribution in [3.8, 4) is 0 Å². The van der Waals surface area contributed by atoms with Crippen molar-refractivity contribution in [1.29, 1.82) is 0 Å². The number of benzene rings is 1. The molecule has 1 heterocycles. The monoisotopic (exact) mass is 264 g/mol. The van der Waals surface area contributed by atoms with E-state index in [-0.39, 0.29) is 0 Å². The summed E-state index contributed by atoms with van der Waals surface area (Å²) in [7, 11) is 0. The van der Waals surface area contributed by atoms with Crippen molar-refractivity contribution in [3.05, 3.63) is 58.7 Å². The van der Waals surface area contributed by atoms with Gasteiger partial charge in [-0.3, -0.25) is 0 Å². The Kier molecular flexibility index (Phi) is 4.42. The van der Waals surface area contributed by atoms with Crippen LogP contribution in [0.15, 0.2) is 47.6 Å². The van der Waals surface area contributed by atoms with Gasteiger partial charge in [-0.1, -0.05) is 35.9 Å². The minimum Gasteiger partial charge on any atom is -0.326 e. The fourth-order valence-corrected chi connectivity index (χ4v) is 2.51. The molecule has 2 N–H and O–H groups in total. The summed E-state index contributed by atoms with van der Waals surface area (Å²) in [6.45, 7) is 0.530. The zero-order valence-electron chi connectivity index (χ0n) is 9.27. The van der Waals surface area contributed by atoms with E-state index in [1.54, 1.807) is 11.8 Å². The van der Waals surface area contributed by atoms with Gasteiger partial charge in [0.2, 0.25) is 0 Å². The topological polar surface area (TPSA) is 38.9 Å². The minimum absolute atomic E-state index is 0.530. The highest BCUT2D eigenvalue weighted by molar-refractivity contribution is 7.98. The summed E-state index contributed by atoms with van der Waals surface area (Å²) in [6, 6.07) is 11.9. The van der Waals surface area contributed by atoms with Gasteiger partial charge in [0.1, 0.15) is 0 Å². The first kappa shape index (κ1) is 12.4. The summed E-state index contributed by atoms with van der Waals surface area (Å²) < 4.78 is 0. The molecule has 0 aliphatic heterocycles. The summed E-state index contributed by atoms with van der Waals surface area (Å²) in [5, 5.41) is 1.79. The van der Waals surface area contributed by atoms with Gasteiger partial charge in [-0.2, -0.15) is 0 Å². The number of hydrogen-bond donors (Lipinski definition) is 1. The number of hydrogen-bond acceptors (Lipinski definition) is 3. The van der Waals surface area contributed by atoms with E-state index in [0.29, 0.717) is 6.54 Å². The standard InChI is InChI=1S/C13H13ClN2S/c14-12-4-2-1-3-11(12)9-17-13-6-5-10(7-15)8-16-13/h1-6,8H,7,9,15H2. The van der Waals surface area contributed by atoms with Crippen LogP contribution in [0.1, 0.15) is 11.1 Å². The Morgan fingerprint density at radius 1 is 1.18 bits per heavy atom. The molecule has 0 fully saturated rings. The molecule has 0 bridgehead atoms. The van der Waals surface area contributed by atoms with Crippen molar-refractivity contribution in [1.82, 2.24) is 4.98 Å². The second kappa shape index (κ2) is 6.05. The Morgan fingerprint density at radius 2 is 2.00 bits per heavy atom. The third kappa shape index (κ3) is 3.46. The average molecular weight is 265 g/mol. The van der Waals surface area contributed by atoms with Gasteiger partial charge in [-0.05, 0) is 23.3 Å². The van der Waals surface area contributed by atoms with E-state index in [0.717, 1.165) is 26.9 Å². The lowest BCUT2D eigenvalue weighted by Crippen LogP contribution is -1.96. The molecular weight excluding hydrogens is 252 g/mol. The van der Waals surface area contributed by atoms with Crippen LogP contribution in [0.5, 0.6) is 0 Å². The first-order valence-electron chi connectivity index (χ1n) is 5.31. The Balaban J connectivity index is 2.00. The summed E-state index contributed by atoms with van der Waals surface area (Å²) in [6.07, 6.45) is 1.81. The zero-order valence-corrected chi connectivity index (χ0v) is 10.8. The largest absolute Gasteiger partial charge is 0.326 e. The maximum atomic E-state index is 6.09. The number of rotatable bonds is 4.